The number of carbonyl (C=O) groups excluding carboxylic acids is 2. The number of sulfonamides is 1. The Morgan fingerprint density at radius 3 is 2.62 bits per heavy atom. The van der Waals surface area contributed by atoms with E-state index >= 15 is 0 Å². The first kappa shape index (κ1) is 21.1. The molecule has 0 saturated carbocycles. The van der Waals surface area contributed by atoms with Crippen molar-refractivity contribution in [3.63, 3.8) is 0 Å². The molecule has 0 aliphatic carbocycles. The van der Waals surface area contributed by atoms with Gasteiger partial charge >= 0.3 is 5.97 Å². The van der Waals surface area contributed by atoms with Crippen LogP contribution in [0.2, 0.25) is 5.02 Å². The fraction of sp³-hybridized carbons (Fsp3) is 0.300. The molecule has 0 aromatic heterocycles. The lowest BCUT2D eigenvalue weighted by molar-refractivity contribution is -0.144. The summed E-state index contributed by atoms with van der Waals surface area (Å²) in [6, 6.07) is 11.5. The molecule has 0 amide bonds. The molecule has 1 aliphatic rings. The van der Waals surface area contributed by atoms with E-state index in [0.717, 1.165) is 5.56 Å². The Labute approximate surface area is 174 Å². The molecular formula is C20H20ClNO6S. The molecule has 1 heterocycles. The Morgan fingerprint density at radius 1 is 1.14 bits per heavy atom. The fourth-order valence-electron chi connectivity index (χ4n) is 2.96. The second-order valence-corrected chi connectivity index (χ2v) is 8.96. The molecule has 0 atom stereocenters. The molecule has 9 heteroatoms. The molecule has 7 nitrogen and oxygen atoms in total. The van der Waals surface area contributed by atoms with Crippen LogP contribution in [0.15, 0.2) is 42.5 Å². The summed E-state index contributed by atoms with van der Waals surface area (Å²) in [7, 11) is -3.34. The minimum absolute atomic E-state index is 0.0132. The molecule has 1 aliphatic heterocycles. The maximum Gasteiger partial charge on any atom is 0.344 e. The number of anilines is 1. The number of halogens is 1. The van der Waals surface area contributed by atoms with Gasteiger partial charge in [-0.05, 0) is 49.2 Å². The Bertz CT molecular complexity index is 1040. The van der Waals surface area contributed by atoms with E-state index in [1.54, 1.807) is 49.4 Å². The number of carbonyl (C=O) groups is 2. The SMILES string of the molecule is CCS(=O)(=O)N1CCc2cc(C(=O)COC(=O)COc3ccccc3Cl)ccc21. The lowest BCUT2D eigenvalue weighted by Gasteiger charge is -2.18. The zero-order valence-electron chi connectivity index (χ0n) is 15.8. The average molecular weight is 438 g/mol. The van der Waals surface area contributed by atoms with Crippen molar-refractivity contribution in [1.29, 1.82) is 0 Å². The summed E-state index contributed by atoms with van der Waals surface area (Å²) in [5.41, 5.74) is 1.73. The van der Waals surface area contributed by atoms with Crippen LogP contribution in [0.5, 0.6) is 5.75 Å². The molecule has 0 spiro atoms. The predicted octanol–water partition coefficient (Wildman–Crippen LogP) is 2.86. The van der Waals surface area contributed by atoms with Gasteiger partial charge in [0.25, 0.3) is 0 Å². The van der Waals surface area contributed by atoms with Crippen LogP contribution in [-0.2, 0) is 26.0 Å². The second kappa shape index (κ2) is 8.84. The second-order valence-electron chi connectivity index (χ2n) is 6.37. The van der Waals surface area contributed by atoms with Gasteiger partial charge in [-0.1, -0.05) is 23.7 Å². The van der Waals surface area contributed by atoms with Crippen LogP contribution in [0.1, 0.15) is 22.8 Å². The summed E-state index contributed by atoms with van der Waals surface area (Å²) in [6.45, 7) is 1.15. The van der Waals surface area contributed by atoms with Crippen molar-refractivity contribution in [2.45, 2.75) is 13.3 Å². The maximum atomic E-state index is 12.3. The van der Waals surface area contributed by atoms with E-state index in [-0.39, 0.29) is 18.1 Å². The summed E-state index contributed by atoms with van der Waals surface area (Å²) < 4.78 is 35.9. The highest BCUT2D eigenvalue weighted by molar-refractivity contribution is 7.92. The molecule has 3 rings (SSSR count). The van der Waals surface area contributed by atoms with E-state index in [1.165, 1.54) is 4.31 Å². The smallest absolute Gasteiger partial charge is 0.344 e. The van der Waals surface area contributed by atoms with Crippen LogP contribution in [0.4, 0.5) is 5.69 Å². The van der Waals surface area contributed by atoms with Crippen molar-refractivity contribution < 1.29 is 27.5 Å². The monoisotopic (exact) mass is 437 g/mol. The van der Waals surface area contributed by atoms with Crippen LogP contribution in [-0.4, -0.2) is 45.7 Å². The van der Waals surface area contributed by atoms with Crippen LogP contribution >= 0.6 is 11.6 Å². The third-order valence-electron chi connectivity index (χ3n) is 4.50. The van der Waals surface area contributed by atoms with Gasteiger partial charge in [-0.25, -0.2) is 13.2 Å². The highest BCUT2D eigenvalue weighted by atomic mass is 35.5. The zero-order valence-corrected chi connectivity index (χ0v) is 17.3. The Morgan fingerprint density at radius 2 is 1.90 bits per heavy atom. The zero-order chi connectivity index (χ0) is 21.0. The molecule has 154 valence electrons. The standard InChI is InChI=1S/C20H20ClNO6S/c1-2-29(25,26)22-10-9-14-11-15(7-8-17(14)22)18(23)12-28-20(24)13-27-19-6-4-3-5-16(19)21/h3-8,11H,2,9-10,12-13H2,1H3. The van der Waals surface area contributed by atoms with Gasteiger partial charge in [-0.2, -0.15) is 0 Å². The van der Waals surface area contributed by atoms with Crippen molar-refractivity contribution in [3.8, 4) is 5.75 Å². The highest BCUT2D eigenvalue weighted by Gasteiger charge is 2.28. The number of para-hydroxylation sites is 1. The van der Waals surface area contributed by atoms with Crippen molar-refractivity contribution in [2.75, 3.05) is 29.8 Å². The summed E-state index contributed by atoms with van der Waals surface area (Å²) in [5.74, 6) is -0.711. The largest absolute Gasteiger partial charge is 0.480 e. The minimum atomic E-state index is -3.34. The van der Waals surface area contributed by atoms with Gasteiger partial charge in [0.2, 0.25) is 10.0 Å². The molecule has 2 aromatic carbocycles. The number of fused-ring (bicyclic) bond motifs is 1. The van der Waals surface area contributed by atoms with Gasteiger partial charge < -0.3 is 9.47 Å². The molecule has 0 fully saturated rings. The first-order chi connectivity index (χ1) is 13.8. The number of rotatable bonds is 8. The normalized spacial score (nSPS) is 13.1. The van der Waals surface area contributed by atoms with Gasteiger partial charge in [0.15, 0.2) is 19.0 Å². The third kappa shape index (κ3) is 4.89. The average Bonchev–Trinajstić information content (AvgIpc) is 3.15. The van der Waals surface area contributed by atoms with Crippen LogP contribution in [0.25, 0.3) is 0 Å². The van der Waals surface area contributed by atoms with Crippen LogP contribution < -0.4 is 9.04 Å². The molecule has 0 radical (unpaired) electrons. The summed E-state index contributed by atoms with van der Waals surface area (Å²) in [6.07, 6.45) is 0.529. The summed E-state index contributed by atoms with van der Waals surface area (Å²) in [4.78, 5) is 24.2. The Kier molecular flexibility index (Phi) is 6.44. The molecule has 0 unspecified atom stereocenters. The third-order valence-corrected chi connectivity index (χ3v) is 6.59. The van der Waals surface area contributed by atoms with Crippen molar-refractivity contribution in [2.24, 2.45) is 0 Å². The van der Waals surface area contributed by atoms with Gasteiger partial charge in [-0.15, -0.1) is 0 Å². The number of hydrogen-bond donors (Lipinski definition) is 0. The number of Topliss-reactive ketones (excluding diaryl/α,β-unsaturated/α-hetero) is 1. The van der Waals surface area contributed by atoms with E-state index < -0.39 is 22.6 Å². The first-order valence-electron chi connectivity index (χ1n) is 9.01. The fourth-order valence-corrected chi connectivity index (χ4v) is 4.31. The van der Waals surface area contributed by atoms with Gasteiger partial charge in [0.05, 0.1) is 16.5 Å². The maximum absolute atomic E-state index is 12.3. The van der Waals surface area contributed by atoms with Gasteiger partial charge in [-0.3, -0.25) is 9.10 Å². The summed E-state index contributed by atoms with van der Waals surface area (Å²) in [5, 5.41) is 0.369. The molecule has 0 N–H and O–H groups in total. The number of ketones is 1. The van der Waals surface area contributed by atoms with Crippen molar-refractivity contribution in [1.82, 2.24) is 0 Å². The van der Waals surface area contributed by atoms with Crippen LogP contribution in [0.3, 0.4) is 0 Å². The Balaban J connectivity index is 1.56. The van der Waals surface area contributed by atoms with Crippen molar-refractivity contribution in [3.05, 3.63) is 58.6 Å². The van der Waals surface area contributed by atoms with E-state index in [2.05, 4.69) is 0 Å². The number of benzene rings is 2. The van der Waals surface area contributed by atoms with Crippen LogP contribution in [0, 0.1) is 0 Å². The molecule has 0 bridgehead atoms. The molecule has 29 heavy (non-hydrogen) atoms. The topological polar surface area (TPSA) is 90.0 Å². The van der Waals surface area contributed by atoms with Crippen molar-refractivity contribution >= 4 is 39.1 Å². The lowest BCUT2D eigenvalue weighted by Crippen LogP contribution is -2.30. The Hall–Kier alpha value is -2.58. The van der Waals surface area contributed by atoms with E-state index in [0.29, 0.717) is 35.0 Å². The van der Waals surface area contributed by atoms with Gasteiger partial charge in [0.1, 0.15) is 5.75 Å². The number of esters is 1. The molecule has 2 aromatic rings. The molecular weight excluding hydrogens is 418 g/mol. The molecule has 0 saturated heterocycles. The highest BCUT2D eigenvalue weighted by Crippen LogP contribution is 2.31. The van der Waals surface area contributed by atoms with E-state index in [9.17, 15) is 18.0 Å². The number of hydrogen-bond acceptors (Lipinski definition) is 6. The number of nitrogens with zero attached hydrogens (tertiary/aromatic N) is 1. The minimum Gasteiger partial charge on any atom is -0.480 e. The van der Waals surface area contributed by atoms with E-state index in [4.69, 9.17) is 21.1 Å². The van der Waals surface area contributed by atoms with Gasteiger partial charge in [0, 0.05) is 12.1 Å². The lowest BCUT2D eigenvalue weighted by atomic mass is 10.1. The predicted molar refractivity (Wildman–Crippen MR) is 109 cm³/mol. The van der Waals surface area contributed by atoms with E-state index in [1.807, 2.05) is 0 Å². The number of ether oxygens (including phenoxy) is 2. The quantitative estimate of drug-likeness (QED) is 0.466. The summed E-state index contributed by atoms with van der Waals surface area (Å²) >= 11 is 5.94. The first-order valence-corrected chi connectivity index (χ1v) is 11.0.